The van der Waals surface area contributed by atoms with Crippen LogP contribution in [0.3, 0.4) is 0 Å². The molecule has 160 valence electrons. The van der Waals surface area contributed by atoms with E-state index in [2.05, 4.69) is 25.8 Å². The molecule has 0 unspecified atom stereocenters. The number of carbonyl (C=O) groups excluding carboxylic acids is 1. The quantitative estimate of drug-likeness (QED) is 0.595. The summed E-state index contributed by atoms with van der Waals surface area (Å²) in [7, 11) is 1.34. The molecule has 1 saturated carbocycles. The Morgan fingerprint density at radius 2 is 2.00 bits per heavy atom. The largest absolute Gasteiger partial charge is 0.437 e. The summed E-state index contributed by atoms with van der Waals surface area (Å²) in [5, 5.41) is 23.1. The van der Waals surface area contributed by atoms with Crippen molar-refractivity contribution in [3.05, 3.63) is 35.9 Å². The van der Waals surface area contributed by atoms with Crippen LogP contribution >= 0.6 is 0 Å². The second kappa shape index (κ2) is 7.59. The van der Waals surface area contributed by atoms with Crippen LogP contribution in [0.2, 0.25) is 0 Å². The maximum Gasteiger partial charge on any atom is 0.437 e. The van der Waals surface area contributed by atoms with E-state index in [1.807, 2.05) is 0 Å². The number of halogens is 3. The maximum atomic E-state index is 13.1. The van der Waals surface area contributed by atoms with Gasteiger partial charge >= 0.3 is 6.18 Å². The van der Waals surface area contributed by atoms with E-state index >= 15 is 0 Å². The van der Waals surface area contributed by atoms with Crippen LogP contribution < -0.4 is 10.6 Å². The molecule has 3 aromatic rings. The highest BCUT2D eigenvalue weighted by atomic mass is 19.4. The highest BCUT2D eigenvalue weighted by Crippen LogP contribution is 2.33. The van der Waals surface area contributed by atoms with Crippen LogP contribution in [-0.4, -0.2) is 47.5 Å². The first-order chi connectivity index (χ1) is 14.2. The highest BCUT2D eigenvalue weighted by Gasteiger charge is 2.37. The number of fused-ring (bicyclic) bond motifs is 1. The maximum absolute atomic E-state index is 13.1. The van der Waals surface area contributed by atoms with Gasteiger partial charge in [0.15, 0.2) is 5.69 Å². The fourth-order valence-corrected chi connectivity index (χ4v) is 3.56. The molecule has 3 aromatic heterocycles. The van der Waals surface area contributed by atoms with Gasteiger partial charge in [0.05, 0.1) is 29.5 Å². The number of carbonyl (C=O) groups is 1. The van der Waals surface area contributed by atoms with Gasteiger partial charge in [-0.2, -0.15) is 18.3 Å². The Kier molecular flexibility index (Phi) is 5.10. The van der Waals surface area contributed by atoms with Gasteiger partial charge in [0, 0.05) is 13.2 Å². The number of hydrogen-bond acceptors (Lipinski definition) is 6. The Hall–Kier alpha value is -3.15. The predicted octanol–water partition coefficient (Wildman–Crippen LogP) is 2.45. The molecule has 0 saturated heterocycles. The summed E-state index contributed by atoms with van der Waals surface area (Å²) in [5.74, 6) is -0.549. The van der Waals surface area contributed by atoms with E-state index in [9.17, 15) is 23.1 Å². The average molecular weight is 423 g/mol. The third-order valence-corrected chi connectivity index (χ3v) is 5.02. The van der Waals surface area contributed by atoms with Gasteiger partial charge in [-0.1, -0.05) is 12.8 Å². The van der Waals surface area contributed by atoms with Crippen molar-refractivity contribution in [2.45, 2.75) is 44.0 Å². The van der Waals surface area contributed by atoms with Gasteiger partial charge in [0.25, 0.3) is 5.91 Å². The zero-order chi connectivity index (χ0) is 21.5. The molecule has 9 nitrogen and oxygen atoms in total. The van der Waals surface area contributed by atoms with Crippen molar-refractivity contribution in [2.24, 2.45) is 7.05 Å². The first-order valence-corrected chi connectivity index (χ1v) is 9.44. The molecule has 3 heterocycles. The minimum Gasteiger partial charge on any atom is -0.391 e. The van der Waals surface area contributed by atoms with Crippen molar-refractivity contribution in [3.63, 3.8) is 0 Å². The number of nitrogens with zero attached hydrogens (tertiary/aromatic N) is 5. The number of anilines is 2. The van der Waals surface area contributed by atoms with Crippen molar-refractivity contribution >= 4 is 23.1 Å². The molecule has 2 atom stereocenters. The zero-order valence-corrected chi connectivity index (χ0v) is 16.0. The lowest BCUT2D eigenvalue weighted by atomic mass is 9.93. The summed E-state index contributed by atoms with van der Waals surface area (Å²) in [6, 6.07) is 2.83. The molecule has 3 N–H and O–H groups in total. The van der Waals surface area contributed by atoms with Gasteiger partial charge in [-0.05, 0) is 25.0 Å². The van der Waals surface area contributed by atoms with Crippen LogP contribution in [0.1, 0.15) is 41.9 Å². The summed E-state index contributed by atoms with van der Waals surface area (Å²) in [6.07, 6.45) is 0.737. The Labute approximate surface area is 168 Å². The minimum absolute atomic E-state index is 0.0385. The molecule has 1 aliphatic rings. The summed E-state index contributed by atoms with van der Waals surface area (Å²) in [6.45, 7) is 0. The third kappa shape index (κ3) is 3.95. The fraction of sp³-hybridized carbons (Fsp3) is 0.444. The standard InChI is InChI=1S/C18H20F3N7O2/c1-27-9-12(15(25-27)18(19,20)21)23-16(30)13-7-6-10-8-22-17(26-28(10)13)24-11-4-2-3-5-14(11)29/h6-9,11,14,29H,2-5H2,1H3,(H,23,30)(H,24,26)/t11-,14+/m1/s1. The van der Waals surface area contributed by atoms with Crippen molar-refractivity contribution in [1.82, 2.24) is 24.4 Å². The van der Waals surface area contributed by atoms with Crippen LogP contribution in [0.25, 0.3) is 5.52 Å². The van der Waals surface area contributed by atoms with Crippen molar-refractivity contribution in [1.29, 1.82) is 0 Å². The number of aromatic nitrogens is 5. The topological polar surface area (TPSA) is 109 Å². The van der Waals surface area contributed by atoms with E-state index in [0.29, 0.717) is 11.9 Å². The summed E-state index contributed by atoms with van der Waals surface area (Å²) < 4.78 is 41.7. The molecule has 4 rings (SSSR count). The highest BCUT2D eigenvalue weighted by molar-refractivity contribution is 6.04. The number of amides is 1. The van der Waals surface area contributed by atoms with Crippen LogP contribution in [0, 0.1) is 0 Å². The fourth-order valence-electron chi connectivity index (χ4n) is 3.56. The SMILES string of the molecule is Cn1cc(NC(=O)c2ccc3cnc(N[C@@H]4CCCC[C@@H]4O)nn23)c(C(F)(F)F)n1. The second-order valence-electron chi connectivity index (χ2n) is 7.26. The number of aliphatic hydroxyl groups excluding tert-OH is 1. The van der Waals surface area contributed by atoms with E-state index in [1.54, 1.807) is 6.07 Å². The molecule has 1 amide bonds. The van der Waals surface area contributed by atoms with Crippen molar-refractivity contribution in [3.8, 4) is 0 Å². The summed E-state index contributed by atoms with van der Waals surface area (Å²) in [4.78, 5) is 16.9. The molecule has 0 bridgehead atoms. The number of hydrogen-bond donors (Lipinski definition) is 3. The Balaban J connectivity index is 1.59. The van der Waals surface area contributed by atoms with Gasteiger partial charge in [-0.15, -0.1) is 5.10 Å². The Bertz CT molecular complexity index is 1080. The zero-order valence-electron chi connectivity index (χ0n) is 16.0. The van der Waals surface area contributed by atoms with Crippen LogP contribution in [0.4, 0.5) is 24.8 Å². The molecular formula is C18H20F3N7O2. The summed E-state index contributed by atoms with van der Waals surface area (Å²) in [5.41, 5.74) is -1.08. The Morgan fingerprint density at radius 3 is 2.73 bits per heavy atom. The number of aliphatic hydroxyl groups is 1. The van der Waals surface area contributed by atoms with Gasteiger partial charge < -0.3 is 15.7 Å². The van der Waals surface area contributed by atoms with Crippen LogP contribution in [0.5, 0.6) is 0 Å². The monoisotopic (exact) mass is 423 g/mol. The van der Waals surface area contributed by atoms with Gasteiger partial charge in [0.1, 0.15) is 5.69 Å². The van der Waals surface area contributed by atoms with Crippen molar-refractivity contribution in [2.75, 3.05) is 10.6 Å². The van der Waals surface area contributed by atoms with E-state index < -0.39 is 29.6 Å². The summed E-state index contributed by atoms with van der Waals surface area (Å²) >= 11 is 0. The van der Waals surface area contributed by atoms with E-state index in [-0.39, 0.29) is 17.7 Å². The molecule has 0 radical (unpaired) electrons. The Morgan fingerprint density at radius 1 is 1.23 bits per heavy atom. The lowest BCUT2D eigenvalue weighted by Gasteiger charge is -2.28. The lowest BCUT2D eigenvalue weighted by Crippen LogP contribution is -2.37. The second-order valence-corrected chi connectivity index (χ2v) is 7.26. The number of alkyl halides is 3. The smallest absolute Gasteiger partial charge is 0.391 e. The van der Waals surface area contributed by atoms with E-state index in [4.69, 9.17) is 0 Å². The molecule has 0 spiro atoms. The minimum atomic E-state index is -4.70. The van der Waals surface area contributed by atoms with Gasteiger partial charge in [-0.3, -0.25) is 9.48 Å². The van der Waals surface area contributed by atoms with Crippen LogP contribution in [0.15, 0.2) is 24.5 Å². The number of rotatable bonds is 4. The van der Waals surface area contributed by atoms with Gasteiger partial charge in [-0.25, -0.2) is 9.50 Å². The van der Waals surface area contributed by atoms with Crippen molar-refractivity contribution < 1.29 is 23.1 Å². The molecular weight excluding hydrogens is 403 g/mol. The third-order valence-electron chi connectivity index (χ3n) is 5.02. The molecule has 1 aliphatic carbocycles. The first-order valence-electron chi connectivity index (χ1n) is 9.44. The number of aryl methyl sites for hydroxylation is 1. The molecule has 0 aromatic carbocycles. The molecule has 12 heteroatoms. The number of nitrogens with one attached hydrogen (secondary N) is 2. The molecule has 1 fully saturated rings. The predicted molar refractivity (Wildman–Crippen MR) is 101 cm³/mol. The normalized spacial score (nSPS) is 19.8. The van der Waals surface area contributed by atoms with Crippen LogP contribution in [-0.2, 0) is 13.2 Å². The molecule has 30 heavy (non-hydrogen) atoms. The van der Waals surface area contributed by atoms with Gasteiger partial charge in [0.2, 0.25) is 5.95 Å². The van der Waals surface area contributed by atoms with E-state index in [0.717, 1.165) is 30.1 Å². The average Bonchev–Trinajstić information content (AvgIpc) is 3.26. The lowest BCUT2D eigenvalue weighted by molar-refractivity contribution is -0.140. The first kappa shape index (κ1) is 20.1. The van der Waals surface area contributed by atoms with E-state index in [1.165, 1.54) is 23.8 Å². The molecule has 0 aliphatic heterocycles.